The van der Waals surface area contributed by atoms with E-state index in [4.69, 9.17) is 24.1 Å². The van der Waals surface area contributed by atoms with E-state index in [0.717, 1.165) is 82.4 Å². The summed E-state index contributed by atoms with van der Waals surface area (Å²) < 4.78 is 24.1. The first kappa shape index (κ1) is 63.9. The smallest absolute Gasteiger partial charge is 0.353 e. The van der Waals surface area contributed by atoms with Crippen molar-refractivity contribution < 1.29 is 33.6 Å². The number of hydrogen-bond donors (Lipinski definition) is 3. The van der Waals surface area contributed by atoms with Crippen molar-refractivity contribution in [3.8, 4) is 17.2 Å². The number of ether oxygens (including phenoxy) is 4. The van der Waals surface area contributed by atoms with Gasteiger partial charge in [-0.1, -0.05) is 147 Å². The molecule has 67 heavy (non-hydrogen) atoms. The lowest BCUT2D eigenvalue weighted by molar-refractivity contribution is -0.146. The minimum absolute atomic E-state index is 0. The van der Waals surface area contributed by atoms with Crippen molar-refractivity contribution >= 4 is 59.7 Å². The van der Waals surface area contributed by atoms with E-state index in [1.165, 1.54) is 70.6 Å². The number of phenols is 1. The van der Waals surface area contributed by atoms with E-state index in [2.05, 4.69) is 97.9 Å². The van der Waals surface area contributed by atoms with Crippen molar-refractivity contribution in [3.05, 3.63) is 99.6 Å². The number of esters is 2. The highest BCUT2D eigenvalue weighted by molar-refractivity contribution is 9.10. The average molecular weight is 1130 g/mol. The Balaban J connectivity index is 0.000000862. The monoisotopic (exact) mass is 1120 g/mol. The van der Waals surface area contributed by atoms with Crippen molar-refractivity contribution in [1.82, 2.24) is 10.6 Å². The topological polar surface area (TPSA) is 115 Å². The molecule has 3 aromatic carbocycles. The first-order valence-corrected chi connectivity index (χ1v) is 27.2. The Labute approximate surface area is 432 Å². The molecule has 3 aliphatic rings. The maximum absolute atomic E-state index is 12.3. The second-order valence-corrected chi connectivity index (χ2v) is 19.8. The van der Waals surface area contributed by atoms with Crippen LogP contribution in [0.2, 0.25) is 0 Å². The quantitative estimate of drug-likeness (QED) is 0.0651. The summed E-state index contributed by atoms with van der Waals surface area (Å²) in [5, 5.41) is 15.0. The summed E-state index contributed by atoms with van der Waals surface area (Å²) in [4.78, 5) is 24.1. The van der Waals surface area contributed by atoms with Crippen molar-refractivity contribution in [2.45, 2.75) is 188 Å². The van der Waals surface area contributed by atoms with Gasteiger partial charge in [-0.25, -0.2) is 4.79 Å². The molecule has 9 nitrogen and oxygen atoms in total. The standard InChI is InChI=1S/C20H31NO3.C11H13BrO.C9H17NO2.C6H5BrO.C5H9Br.C3H8.CH4/c1-3-12-21-19(20(22)23-13-4-2)15-16-8-7-11-18(14-16)24-17-9-5-6-10-17;12-9-4-3-7-11(8-9)13-10-5-1-2-6-10;1-4-6-10-8(3)9(11)12-7-5-2;7-5-2-1-3-6(8)4-5;6-5-3-1-2-4-5;1-3-2;/h7-8,11,14,17,19,21H,3-6,9-10,12-13,15H2,1-2H3;3-4,7-8,10H,1-2,5-6H2;10H,3-7H2,1-2H3;1-4,8H;5H,1-4H2;3H2,1-2H3;1H4/t19-;;;;;;/m0....../s1. The van der Waals surface area contributed by atoms with Gasteiger partial charge in [0.25, 0.3) is 0 Å². The Morgan fingerprint density at radius 3 is 1.60 bits per heavy atom. The zero-order valence-electron chi connectivity index (χ0n) is 41.0. The van der Waals surface area contributed by atoms with Gasteiger partial charge >= 0.3 is 11.9 Å². The number of hydrogen-bond acceptors (Lipinski definition) is 9. The maximum atomic E-state index is 12.3. The van der Waals surface area contributed by atoms with Crippen LogP contribution in [0.1, 0.15) is 164 Å². The molecule has 0 heterocycles. The minimum Gasteiger partial charge on any atom is -0.508 e. The van der Waals surface area contributed by atoms with Gasteiger partial charge in [0.05, 0.1) is 25.4 Å². The van der Waals surface area contributed by atoms with Crippen LogP contribution < -0.4 is 20.1 Å². The summed E-state index contributed by atoms with van der Waals surface area (Å²) in [6.45, 7) is 18.4. The first-order valence-electron chi connectivity index (χ1n) is 24.6. The van der Waals surface area contributed by atoms with Gasteiger partial charge in [-0.3, -0.25) is 4.79 Å². The summed E-state index contributed by atoms with van der Waals surface area (Å²) >= 11 is 10.2. The van der Waals surface area contributed by atoms with Crippen LogP contribution in [0.5, 0.6) is 17.2 Å². The van der Waals surface area contributed by atoms with Gasteiger partial charge < -0.3 is 34.7 Å². The third-order valence-corrected chi connectivity index (χ3v) is 12.0. The minimum atomic E-state index is -0.342. The van der Waals surface area contributed by atoms with Gasteiger partial charge in [-0.2, -0.15) is 0 Å². The number of halogens is 3. The number of nitrogens with one attached hydrogen (secondary N) is 2. The van der Waals surface area contributed by atoms with Crippen LogP contribution in [-0.2, 0) is 25.5 Å². The molecule has 0 saturated heterocycles. The zero-order valence-corrected chi connectivity index (χ0v) is 45.8. The second-order valence-electron chi connectivity index (χ2n) is 16.6. The normalized spacial score (nSPS) is 14.5. The molecule has 0 unspecified atom stereocenters. The number of carbonyl (C=O) groups excluding carboxylic acids is 2. The number of rotatable bonds is 18. The first-order chi connectivity index (χ1) is 31.9. The van der Waals surface area contributed by atoms with E-state index in [1.807, 2.05) is 63.2 Å². The molecule has 3 fully saturated rings. The number of benzene rings is 3. The fourth-order valence-electron chi connectivity index (χ4n) is 6.76. The molecule has 0 amide bonds. The van der Waals surface area contributed by atoms with Crippen molar-refractivity contribution in [3.63, 3.8) is 0 Å². The van der Waals surface area contributed by atoms with Crippen molar-refractivity contribution in [1.29, 1.82) is 0 Å². The van der Waals surface area contributed by atoms with E-state index in [0.29, 0.717) is 43.3 Å². The van der Waals surface area contributed by atoms with E-state index in [9.17, 15) is 9.59 Å². The molecular weight excluding hydrogens is 1040 g/mol. The number of phenolic OH excluding ortho intramolecular Hbond substituents is 1. The van der Waals surface area contributed by atoms with Gasteiger partial charge in [-0.15, -0.1) is 0 Å². The molecule has 3 saturated carbocycles. The van der Waals surface area contributed by atoms with Crippen LogP contribution >= 0.6 is 47.8 Å². The third-order valence-electron chi connectivity index (χ3n) is 10.1. The molecule has 3 N–H and O–H groups in total. The highest BCUT2D eigenvalue weighted by Gasteiger charge is 2.21. The van der Waals surface area contributed by atoms with Gasteiger partial charge in [0.1, 0.15) is 29.0 Å². The molecule has 1 atom stereocenters. The zero-order chi connectivity index (χ0) is 48.8. The molecule has 12 heteroatoms. The van der Waals surface area contributed by atoms with Crippen molar-refractivity contribution in [2.75, 3.05) is 26.3 Å². The molecular formula is C55H87Br3N2O7. The van der Waals surface area contributed by atoms with E-state index >= 15 is 0 Å². The molecule has 0 spiro atoms. The Hall–Kier alpha value is -3.06. The van der Waals surface area contributed by atoms with E-state index in [-0.39, 0.29) is 25.4 Å². The highest BCUT2D eigenvalue weighted by atomic mass is 79.9. The summed E-state index contributed by atoms with van der Waals surface area (Å²) in [5.41, 5.74) is 1.46. The Morgan fingerprint density at radius 2 is 1.15 bits per heavy atom. The maximum Gasteiger partial charge on any atom is 0.353 e. The molecule has 3 aromatic rings. The molecule has 6 rings (SSSR count). The van der Waals surface area contributed by atoms with Gasteiger partial charge in [0.2, 0.25) is 0 Å². The SMILES string of the molecule is BrC1CCCC1.Brc1cccc(OC2CCCC2)c1.C.C=C(NCCC)C(=O)OCCC.CCC.CCCN[C@@H](Cc1cccc(OC2CCCC2)c1)C(=O)OCCC.Oc1cccc(Br)c1. The largest absolute Gasteiger partial charge is 0.508 e. The summed E-state index contributed by atoms with van der Waals surface area (Å²) in [6.07, 6.45) is 21.9. The van der Waals surface area contributed by atoms with Crippen LogP contribution in [0.3, 0.4) is 0 Å². The molecule has 0 bridgehead atoms. The van der Waals surface area contributed by atoms with Crippen molar-refractivity contribution in [2.24, 2.45) is 0 Å². The van der Waals surface area contributed by atoms with Gasteiger partial charge in [0, 0.05) is 20.3 Å². The lowest BCUT2D eigenvalue weighted by Crippen LogP contribution is -2.40. The number of carbonyl (C=O) groups is 2. The summed E-state index contributed by atoms with van der Waals surface area (Å²) in [6, 6.07) is 22.8. The average Bonchev–Trinajstić information content (AvgIpc) is 4.13. The van der Waals surface area contributed by atoms with Crippen LogP contribution in [0.4, 0.5) is 0 Å². The summed E-state index contributed by atoms with van der Waals surface area (Å²) in [7, 11) is 0. The van der Waals surface area contributed by atoms with Gasteiger partial charge in [-0.05, 0) is 157 Å². The predicted molar refractivity (Wildman–Crippen MR) is 292 cm³/mol. The van der Waals surface area contributed by atoms with Crippen LogP contribution in [0, 0.1) is 0 Å². The van der Waals surface area contributed by atoms with Crippen LogP contribution in [-0.4, -0.2) is 66.4 Å². The Kier molecular flexibility index (Phi) is 40.0. The van der Waals surface area contributed by atoms with Crippen LogP contribution in [0.25, 0.3) is 0 Å². The molecule has 3 aliphatic carbocycles. The van der Waals surface area contributed by atoms with Crippen LogP contribution in [0.15, 0.2) is 94.0 Å². The highest BCUT2D eigenvalue weighted by Crippen LogP contribution is 2.27. The fraction of sp³-hybridized carbons (Fsp3) is 0.600. The lowest BCUT2D eigenvalue weighted by atomic mass is 10.1. The molecule has 380 valence electrons. The predicted octanol–water partition coefficient (Wildman–Crippen LogP) is 15.6. The Morgan fingerprint density at radius 1 is 0.672 bits per heavy atom. The summed E-state index contributed by atoms with van der Waals surface area (Å²) in [5.74, 6) is 1.69. The van der Waals surface area contributed by atoms with Gasteiger partial charge in [0.15, 0.2) is 0 Å². The second kappa shape index (κ2) is 41.9. The Bertz CT molecular complexity index is 1660. The van der Waals surface area contributed by atoms with E-state index < -0.39 is 0 Å². The van der Waals surface area contributed by atoms with E-state index in [1.54, 1.807) is 18.2 Å². The third kappa shape index (κ3) is 33.2. The molecule has 0 radical (unpaired) electrons. The molecule has 0 aromatic heterocycles. The number of aromatic hydroxyl groups is 1. The fourth-order valence-corrected chi connectivity index (χ4v) is 8.17. The lowest BCUT2D eigenvalue weighted by Gasteiger charge is -2.18. The molecule has 0 aliphatic heterocycles. The number of alkyl halides is 1.